The standard InChI is InChI=1S/C16H20N2O/c1-2-12-7-9-18(10-8-12)16(19)15-11-13-5-3-4-6-14(13)17-15/h3-6,11-12,17H,2,7-10H2,1H3. The van der Waals surface area contributed by atoms with Gasteiger partial charge in [0.05, 0.1) is 0 Å². The fourth-order valence-electron chi connectivity index (χ4n) is 2.90. The zero-order valence-electron chi connectivity index (χ0n) is 11.4. The first-order chi connectivity index (χ1) is 9.28. The van der Waals surface area contributed by atoms with Gasteiger partial charge in [0, 0.05) is 24.0 Å². The quantitative estimate of drug-likeness (QED) is 0.878. The summed E-state index contributed by atoms with van der Waals surface area (Å²) in [5, 5.41) is 1.11. The summed E-state index contributed by atoms with van der Waals surface area (Å²) in [5.74, 6) is 0.942. The van der Waals surface area contributed by atoms with E-state index in [2.05, 4.69) is 11.9 Å². The molecule has 1 aromatic carbocycles. The number of nitrogens with one attached hydrogen (secondary N) is 1. The smallest absolute Gasteiger partial charge is 0.270 e. The second-order valence-corrected chi connectivity index (χ2v) is 5.41. The second-order valence-electron chi connectivity index (χ2n) is 5.41. The van der Waals surface area contributed by atoms with Crippen molar-refractivity contribution in [1.29, 1.82) is 0 Å². The number of nitrogens with zero attached hydrogens (tertiary/aromatic N) is 1. The van der Waals surface area contributed by atoms with Crippen LogP contribution in [0.1, 0.15) is 36.7 Å². The number of para-hydroxylation sites is 1. The van der Waals surface area contributed by atoms with Crippen LogP contribution in [0.3, 0.4) is 0 Å². The number of carbonyl (C=O) groups is 1. The molecule has 1 fully saturated rings. The highest BCUT2D eigenvalue weighted by Gasteiger charge is 2.23. The maximum absolute atomic E-state index is 12.5. The fourth-order valence-corrected chi connectivity index (χ4v) is 2.90. The molecule has 1 saturated heterocycles. The van der Waals surface area contributed by atoms with E-state index in [1.807, 2.05) is 35.2 Å². The Labute approximate surface area is 113 Å². The van der Waals surface area contributed by atoms with Crippen molar-refractivity contribution in [2.75, 3.05) is 13.1 Å². The van der Waals surface area contributed by atoms with E-state index in [0.717, 1.165) is 48.4 Å². The number of hydrogen-bond acceptors (Lipinski definition) is 1. The Morgan fingerprint density at radius 2 is 2.05 bits per heavy atom. The van der Waals surface area contributed by atoms with Crippen LogP contribution in [-0.2, 0) is 0 Å². The fraction of sp³-hybridized carbons (Fsp3) is 0.438. The van der Waals surface area contributed by atoms with E-state index in [1.165, 1.54) is 6.42 Å². The topological polar surface area (TPSA) is 36.1 Å². The maximum atomic E-state index is 12.5. The van der Waals surface area contributed by atoms with Crippen molar-refractivity contribution in [3.63, 3.8) is 0 Å². The van der Waals surface area contributed by atoms with E-state index in [1.54, 1.807) is 0 Å². The lowest BCUT2D eigenvalue weighted by molar-refractivity contribution is 0.0684. The average Bonchev–Trinajstić information content (AvgIpc) is 2.90. The SMILES string of the molecule is CCC1CCN(C(=O)c2cc3ccccc3[nH]2)CC1. The Morgan fingerprint density at radius 1 is 1.32 bits per heavy atom. The number of aromatic amines is 1. The average molecular weight is 256 g/mol. The van der Waals surface area contributed by atoms with Crippen LogP contribution in [0.25, 0.3) is 10.9 Å². The lowest BCUT2D eigenvalue weighted by Crippen LogP contribution is -2.38. The van der Waals surface area contributed by atoms with Crippen molar-refractivity contribution in [2.45, 2.75) is 26.2 Å². The molecule has 2 aromatic rings. The predicted octanol–water partition coefficient (Wildman–Crippen LogP) is 3.43. The summed E-state index contributed by atoms with van der Waals surface area (Å²) in [6.45, 7) is 4.03. The van der Waals surface area contributed by atoms with Crippen molar-refractivity contribution < 1.29 is 4.79 Å². The number of rotatable bonds is 2. The molecule has 3 rings (SSSR count). The molecule has 1 aliphatic rings. The molecule has 19 heavy (non-hydrogen) atoms. The van der Waals surface area contributed by atoms with Crippen molar-refractivity contribution in [1.82, 2.24) is 9.88 Å². The summed E-state index contributed by atoms with van der Waals surface area (Å²) < 4.78 is 0. The van der Waals surface area contributed by atoms with Gasteiger partial charge < -0.3 is 9.88 Å². The summed E-state index contributed by atoms with van der Waals surface area (Å²) in [6.07, 6.45) is 3.51. The van der Waals surface area contributed by atoms with E-state index in [9.17, 15) is 4.79 Å². The minimum atomic E-state index is 0.144. The van der Waals surface area contributed by atoms with E-state index >= 15 is 0 Å². The number of carbonyl (C=O) groups excluding carboxylic acids is 1. The summed E-state index contributed by atoms with van der Waals surface area (Å²) >= 11 is 0. The van der Waals surface area contributed by atoms with Gasteiger partial charge in [0.15, 0.2) is 0 Å². The molecule has 0 saturated carbocycles. The minimum absolute atomic E-state index is 0.144. The van der Waals surface area contributed by atoms with Gasteiger partial charge in [0.25, 0.3) is 5.91 Å². The molecule has 3 heteroatoms. The number of H-pyrrole nitrogens is 1. The monoisotopic (exact) mass is 256 g/mol. The van der Waals surface area contributed by atoms with Crippen molar-refractivity contribution in [3.05, 3.63) is 36.0 Å². The number of fused-ring (bicyclic) bond motifs is 1. The third kappa shape index (κ3) is 2.37. The number of amides is 1. The number of likely N-dealkylation sites (tertiary alicyclic amines) is 1. The molecule has 0 radical (unpaired) electrons. The molecule has 0 spiro atoms. The van der Waals surface area contributed by atoms with Crippen LogP contribution in [0, 0.1) is 5.92 Å². The highest BCUT2D eigenvalue weighted by atomic mass is 16.2. The lowest BCUT2D eigenvalue weighted by atomic mass is 9.94. The van der Waals surface area contributed by atoms with Gasteiger partial charge in [-0.15, -0.1) is 0 Å². The molecule has 0 unspecified atom stereocenters. The van der Waals surface area contributed by atoms with Gasteiger partial charge in [0.2, 0.25) is 0 Å². The Morgan fingerprint density at radius 3 is 2.74 bits per heavy atom. The highest BCUT2D eigenvalue weighted by Crippen LogP contribution is 2.22. The third-order valence-corrected chi connectivity index (χ3v) is 4.24. The molecule has 2 heterocycles. The summed E-state index contributed by atoms with van der Waals surface area (Å²) in [5.41, 5.74) is 1.76. The predicted molar refractivity (Wildman–Crippen MR) is 77.2 cm³/mol. The third-order valence-electron chi connectivity index (χ3n) is 4.24. The van der Waals surface area contributed by atoms with Crippen molar-refractivity contribution in [2.24, 2.45) is 5.92 Å². The Balaban J connectivity index is 1.77. The van der Waals surface area contributed by atoms with Crippen LogP contribution in [0.2, 0.25) is 0 Å². The second kappa shape index (κ2) is 5.08. The minimum Gasteiger partial charge on any atom is -0.351 e. The van der Waals surface area contributed by atoms with E-state index < -0.39 is 0 Å². The molecule has 0 bridgehead atoms. The van der Waals surface area contributed by atoms with Gasteiger partial charge in [0.1, 0.15) is 5.69 Å². The van der Waals surface area contributed by atoms with Crippen LogP contribution < -0.4 is 0 Å². The molecular formula is C16H20N2O. The highest BCUT2D eigenvalue weighted by molar-refractivity contribution is 5.98. The van der Waals surface area contributed by atoms with Crippen LogP contribution in [0.5, 0.6) is 0 Å². The van der Waals surface area contributed by atoms with Crippen molar-refractivity contribution >= 4 is 16.8 Å². The van der Waals surface area contributed by atoms with Gasteiger partial charge in [-0.3, -0.25) is 4.79 Å². The van der Waals surface area contributed by atoms with Crippen LogP contribution in [-0.4, -0.2) is 28.9 Å². The zero-order valence-corrected chi connectivity index (χ0v) is 11.4. The van der Waals surface area contributed by atoms with Gasteiger partial charge in [-0.2, -0.15) is 0 Å². The number of aromatic nitrogens is 1. The van der Waals surface area contributed by atoms with Gasteiger partial charge in [-0.25, -0.2) is 0 Å². The molecule has 1 aromatic heterocycles. The van der Waals surface area contributed by atoms with Crippen LogP contribution >= 0.6 is 0 Å². The number of benzene rings is 1. The summed E-state index contributed by atoms with van der Waals surface area (Å²) in [4.78, 5) is 17.7. The first kappa shape index (κ1) is 12.3. The molecule has 0 atom stereocenters. The normalized spacial score (nSPS) is 17.0. The zero-order chi connectivity index (χ0) is 13.2. The van der Waals surface area contributed by atoms with Gasteiger partial charge in [-0.05, 0) is 30.9 Å². The molecule has 100 valence electrons. The van der Waals surface area contributed by atoms with Gasteiger partial charge >= 0.3 is 0 Å². The number of piperidine rings is 1. The van der Waals surface area contributed by atoms with E-state index in [4.69, 9.17) is 0 Å². The first-order valence-electron chi connectivity index (χ1n) is 7.15. The molecule has 1 N–H and O–H groups in total. The Bertz CT molecular complexity index is 546. The number of hydrogen-bond donors (Lipinski definition) is 1. The Hall–Kier alpha value is -1.77. The van der Waals surface area contributed by atoms with E-state index in [0.29, 0.717) is 0 Å². The van der Waals surface area contributed by atoms with Crippen LogP contribution in [0.4, 0.5) is 0 Å². The van der Waals surface area contributed by atoms with Crippen LogP contribution in [0.15, 0.2) is 30.3 Å². The molecule has 1 aliphatic heterocycles. The molecule has 0 aliphatic carbocycles. The van der Waals surface area contributed by atoms with E-state index in [-0.39, 0.29) is 5.91 Å². The molecule has 3 nitrogen and oxygen atoms in total. The molecular weight excluding hydrogens is 236 g/mol. The molecule has 1 amide bonds. The summed E-state index contributed by atoms with van der Waals surface area (Å²) in [6, 6.07) is 9.99. The first-order valence-corrected chi connectivity index (χ1v) is 7.15. The lowest BCUT2D eigenvalue weighted by Gasteiger charge is -2.31. The van der Waals surface area contributed by atoms with Gasteiger partial charge in [-0.1, -0.05) is 31.5 Å². The summed E-state index contributed by atoms with van der Waals surface area (Å²) in [7, 11) is 0. The Kier molecular flexibility index (Phi) is 3.28. The largest absolute Gasteiger partial charge is 0.351 e. The van der Waals surface area contributed by atoms with Crippen molar-refractivity contribution in [3.8, 4) is 0 Å². The maximum Gasteiger partial charge on any atom is 0.270 e.